The van der Waals surface area contributed by atoms with Gasteiger partial charge in [-0.2, -0.15) is 0 Å². The zero-order valence-corrected chi connectivity index (χ0v) is 19.6. The Balaban J connectivity index is 1.34. The van der Waals surface area contributed by atoms with Crippen molar-refractivity contribution in [1.82, 2.24) is 20.6 Å². The van der Waals surface area contributed by atoms with Crippen LogP contribution >= 0.6 is 0 Å². The van der Waals surface area contributed by atoms with E-state index in [4.69, 9.17) is 0 Å². The second kappa shape index (κ2) is 11.7. The number of aromatic nitrogens is 2. The van der Waals surface area contributed by atoms with Crippen molar-refractivity contribution in [2.45, 2.75) is 25.8 Å². The molecule has 0 fully saturated rings. The highest BCUT2D eigenvalue weighted by Gasteiger charge is 2.11. The number of carbonyl (C=O) groups is 2. The van der Waals surface area contributed by atoms with E-state index < -0.39 is 0 Å². The van der Waals surface area contributed by atoms with Crippen LogP contribution in [0.15, 0.2) is 85.2 Å². The molecule has 0 saturated heterocycles. The van der Waals surface area contributed by atoms with E-state index in [1.807, 2.05) is 67.6 Å². The summed E-state index contributed by atoms with van der Waals surface area (Å²) in [4.78, 5) is 33.8. The molecule has 0 radical (unpaired) electrons. The normalized spacial score (nSPS) is 12.4. The minimum Gasteiger partial charge on any atom is -0.350 e. The Morgan fingerprint density at radius 3 is 1.91 bits per heavy atom. The highest BCUT2D eigenvalue weighted by molar-refractivity contribution is 5.96. The predicted octanol–water partition coefficient (Wildman–Crippen LogP) is 4.91. The van der Waals surface area contributed by atoms with Crippen molar-refractivity contribution in [2.24, 2.45) is 0 Å². The van der Waals surface area contributed by atoms with Gasteiger partial charge in [0.05, 0.1) is 11.0 Å². The third kappa shape index (κ3) is 6.38. The minimum absolute atomic E-state index is 0.167. The van der Waals surface area contributed by atoms with E-state index in [0.29, 0.717) is 6.54 Å². The number of carbonyl (C=O) groups excluding carboxylic acids is 2. The molecule has 6 heteroatoms. The average Bonchev–Trinajstić information content (AvgIpc) is 2.89. The molecule has 2 amide bonds. The van der Waals surface area contributed by atoms with Gasteiger partial charge in [0.25, 0.3) is 0 Å². The third-order valence-corrected chi connectivity index (χ3v) is 5.66. The molecule has 1 atom stereocenters. The Labute approximate surface area is 204 Å². The number of rotatable bonds is 9. The average molecular weight is 465 g/mol. The van der Waals surface area contributed by atoms with Gasteiger partial charge in [-0.3, -0.25) is 19.6 Å². The molecule has 176 valence electrons. The summed E-state index contributed by atoms with van der Waals surface area (Å²) in [5.41, 5.74) is 3.46. The van der Waals surface area contributed by atoms with E-state index in [9.17, 15) is 9.59 Å². The van der Waals surface area contributed by atoms with E-state index in [1.165, 1.54) is 12.2 Å². The Morgan fingerprint density at radius 1 is 0.800 bits per heavy atom. The predicted molar refractivity (Wildman–Crippen MR) is 141 cm³/mol. The molecule has 2 aromatic carbocycles. The summed E-state index contributed by atoms with van der Waals surface area (Å²) in [6.45, 7) is 2.40. The molecule has 35 heavy (non-hydrogen) atoms. The lowest BCUT2D eigenvalue weighted by Crippen LogP contribution is -2.42. The van der Waals surface area contributed by atoms with Crippen LogP contribution in [0.25, 0.3) is 34.0 Å². The highest BCUT2D eigenvalue weighted by Crippen LogP contribution is 2.18. The van der Waals surface area contributed by atoms with Crippen LogP contribution in [-0.2, 0) is 9.59 Å². The molecule has 2 heterocycles. The first kappa shape index (κ1) is 23.8. The van der Waals surface area contributed by atoms with Crippen molar-refractivity contribution < 1.29 is 9.59 Å². The molecular formula is C29H28N4O2. The number of amides is 2. The lowest BCUT2D eigenvalue weighted by molar-refractivity contribution is -0.119. The standard InChI is InChI=1S/C29H28N4O2/c1-2-7-25(33-27(35)17-15-24-11-4-9-22-13-6-19-31-29(22)24)20-32-26(34)16-14-23-10-3-8-21-12-5-18-30-28(21)23/h3-6,8-19,25H,2,7,20H2,1H3,(H,32,34)(H,33,35). The van der Waals surface area contributed by atoms with Crippen LogP contribution in [0.1, 0.15) is 30.9 Å². The topological polar surface area (TPSA) is 84.0 Å². The fourth-order valence-corrected chi connectivity index (χ4v) is 3.96. The first-order valence-corrected chi connectivity index (χ1v) is 11.8. The van der Waals surface area contributed by atoms with Gasteiger partial charge < -0.3 is 10.6 Å². The monoisotopic (exact) mass is 464 g/mol. The molecule has 1 unspecified atom stereocenters. The second-order valence-corrected chi connectivity index (χ2v) is 8.25. The third-order valence-electron chi connectivity index (χ3n) is 5.66. The van der Waals surface area contributed by atoms with Crippen LogP contribution in [0.2, 0.25) is 0 Å². The lowest BCUT2D eigenvalue weighted by Gasteiger charge is -2.17. The number of hydrogen-bond acceptors (Lipinski definition) is 4. The molecular weight excluding hydrogens is 436 g/mol. The quantitative estimate of drug-likeness (QED) is 0.345. The van der Waals surface area contributed by atoms with Gasteiger partial charge in [-0.05, 0) is 30.7 Å². The van der Waals surface area contributed by atoms with Gasteiger partial charge in [0, 0.05) is 59.0 Å². The molecule has 0 aliphatic carbocycles. The number of benzene rings is 2. The molecule has 0 aliphatic heterocycles. The van der Waals surface area contributed by atoms with Crippen molar-refractivity contribution in [3.63, 3.8) is 0 Å². The maximum atomic E-state index is 12.6. The van der Waals surface area contributed by atoms with Crippen molar-refractivity contribution in [3.8, 4) is 0 Å². The summed E-state index contributed by atoms with van der Waals surface area (Å²) < 4.78 is 0. The Kier molecular flexibility index (Phi) is 7.96. The number of pyridine rings is 2. The van der Waals surface area contributed by atoms with Crippen LogP contribution in [0, 0.1) is 0 Å². The SMILES string of the molecule is CCCC(CNC(=O)C=Cc1cccc2cccnc12)NC(=O)C=Cc1cccc2cccnc12. The van der Waals surface area contributed by atoms with Gasteiger partial charge in [0.2, 0.25) is 11.8 Å². The van der Waals surface area contributed by atoms with E-state index >= 15 is 0 Å². The van der Waals surface area contributed by atoms with Gasteiger partial charge >= 0.3 is 0 Å². The minimum atomic E-state index is -0.217. The maximum Gasteiger partial charge on any atom is 0.244 e. The maximum absolute atomic E-state index is 12.6. The summed E-state index contributed by atoms with van der Waals surface area (Å²) in [6, 6.07) is 19.3. The molecule has 0 aliphatic rings. The number of nitrogens with one attached hydrogen (secondary N) is 2. The largest absolute Gasteiger partial charge is 0.350 e. The first-order chi connectivity index (χ1) is 17.1. The zero-order chi connectivity index (χ0) is 24.5. The molecule has 4 aromatic rings. The molecule has 6 nitrogen and oxygen atoms in total. The fraction of sp³-hybridized carbons (Fsp3) is 0.172. The van der Waals surface area contributed by atoms with Crippen molar-refractivity contribution in [2.75, 3.05) is 6.54 Å². The van der Waals surface area contributed by atoms with Crippen molar-refractivity contribution in [1.29, 1.82) is 0 Å². The second-order valence-electron chi connectivity index (χ2n) is 8.25. The Morgan fingerprint density at radius 2 is 1.34 bits per heavy atom. The molecule has 0 saturated carbocycles. The summed E-state index contributed by atoms with van der Waals surface area (Å²) in [5.74, 6) is -0.423. The Bertz CT molecular complexity index is 1380. The summed E-state index contributed by atoms with van der Waals surface area (Å²) in [5, 5.41) is 7.93. The van der Waals surface area contributed by atoms with E-state index in [2.05, 4.69) is 20.6 Å². The first-order valence-electron chi connectivity index (χ1n) is 11.8. The van der Waals surface area contributed by atoms with Crippen LogP contribution in [0.5, 0.6) is 0 Å². The highest BCUT2D eigenvalue weighted by atomic mass is 16.2. The van der Waals surface area contributed by atoms with Crippen molar-refractivity contribution >= 4 is 45.8 Å². The van der Waals surface area contributed by atoms with Gasteiger partial charge in [-0.15, -0.1) is 0 Å². The van der Waals surface area contributed by atoms with E-state index in [1.54, 1.807) is 24.5 Å². The van der Waals surface area contributed by atoms with Crippen molar-refractivity contribution in [3.05, 3.63) is 96.3 Å². The van der Waals surface area contributed by atoms with Gasteiger partial charge in [-0.25, -0.2) is 0 Å². The number of hydrogen-bond donors (Lipinski definition) is 2. The summed E-state index contributed by atoms with van der Waals surface area (Å²) in [6.07, 6.45) is 11.7. The number of para-hydroxylation sites is 2. The van der Waals surface area contributed by atoms with Gasteiger partial charge in [0.15, 0.2) is 0 Å². The van der Waals surface area contributed by atoms with E-state index in [0.717, 1.165) is 45.8 Å². The van der Waals surface area contributed by atoms with E-state index in [-0.39, 0.29) is 17.9 Å². The number of fused-ring (bicyclic) bond motifs is 2. The molecule has 0 bridgehead atoms. The fourth-order valence-electron chi connectivity index (χ4n) is 3.96. The molecule has 2 aromatic heterocycles. The summed E-state index contributed by atoms with van der Waals surface area (Å²) in [7, 11) is 0. The van der Waals surface area contributed by atoms with Gasteiger partial charge in [-0.1, -0.05) is 61.9 Å². The lowest BCUT2D eigenvalue weighted by atomic mass is 10.1. The Hall–Kier alpha value is -4.32. The van der Waals surface area contributed by atoms with Gasteiger partial charge in [0.1, 0.15) is 0 Å². The zero-order valence-electron chi connectivity index (χ0n) is 19.6. The smallest absolute Gasteiger partial charge is 0.244 e. The number of nitrogens with zero attached hydrogens (tertiary/aromatic N) is 2. The molecule has 2 N–H and O–H groups in total. The van der Waals surface area contributed by atoms with Crippen LogP contribution in [0.3, 0.4) is 0 Å². The van der Waals surface area contributed by atoms with Crippen LogP contribution < -0.4 is 10.6 Å². The molecule has 0 spiro atoms. The van der Waals surface area contributed by atoms with Crippen LogP contribution in [-0.4, -0.2) is 34.4 Å². The summed E-state index contributed by atoms with van der Waals surface area (Å²) >= 11 is 0. The molecule has 4 rings (SSSR count). The van der Waals surface area contributed by atoms with Crippen LogP contribution in [0.4, 0.5) is 0 Å².